The number of benzene rings is 1. The molecule has 102 valence electrons. The first-order valence-corrected chi connectivity index (χ1v) is 5.82. The molecule has 0 saturated heterocycles. The van der Waals surface area contributed by atoms with E-state index < -0.39 is 12.6 Å². The number of esters is 1. The van der Waals surface area contributed by atoms with Crippen molar-refractivity contribution >= 4 is 17.6 Å². The number of rotatable bonds is 5. The zero-order valence-corrected chi connectivity index (χ0v) is 10.7. The molecule has 0 unspecified atom stereocenters. The van der Waals surface area contributed by atoms with E-state index in [1.54, 1.807) is 13.0 Å². The van der Waals surface area contributed by atoms with Crippen molar-refractivity contribution in [2.24, 2.45) is 0 Å². The molecule has 0 bridgehead atoms. The molecule has 0 atom stereocenters. The van der Waals surface area contributed by atoms with Crippen LogP contribution >= 0.6 is 11.6 Å². The van der Waals surface area contributed by atoms with Gasteiger partial charge >= 0.3 is 12.6 Å². The number of carbonyl (C=O) groups is 1. The highest BCUT2D eigenvalue weighted by Gasteiger charge is 2.22. The van der Waals surface area contributed by atoms with Gasteiger partial charge in [-0.2, -0.15) is 14.0 Å². The number of ether oxygens (including phenoxy) is 2. The molecule has 0 aromatic heterocycles. The molecule has 0 aliphatic heterocycles. The maximum Gasteiger partial charge on any atom is 0.387 e. The Balaban J connectivity index is 3.38. The first kappa shape index (κ1) is 15.2. The van der Waals surface area contributed by atoms with Crippen LogP contribution in [-0.2, 0) is 10.6 Å². The molecule has 0 radical (unpaired) electrons. The summed E-state index contributed by atoms with van der Waals surface area (Å²) >= 11 is 5.66. The van der Waals surface area contributed by atoms with Crippen LogP contribution in [-0.4, -0.2) is 19.2 Å². The molecular formula is C12H10ClF2NO3. The van der Waals surface area contributed by atoms with Crippen LogP contribution in [0, 0.1) is 11.3 Å². The van der Waals surface area contributed by atoms with Crippen molar-refractivity contribution in [1.82, 2.24) is 0 Å². The predicted octanol–water partition coefficient (Wildman–Crippen LogP) is 3.08. The van der Waals surface area contributed by atoms with Crippen LogP contribution < -0.4 is 4.74 Å². The fourth-order valence-electron chi connectivity index (χ4n) is 1.48. The summed E-state index contributed by atoms with van der Waals surface area (Å²) in [5.41, 5.74) is -0.132. The lowest BCUT2D eigenvalue weighted by Crippen LogP contribution is -2.13. The van der Waals surface area contributed by atoms with E-state index in [4.69, 9.17) is 21.6 Å². The molecule has 7 heteroatoms. The van der Waals surface area contributed by atoms with E-state index in [-0.39, 0.29) is 29.4 Å². The maximum absolute atomic E-state index is 12.2. The Morgan fingerprint density at radius 3 is 2.68 bits per heavy atom. The molecule has 0 heterocycles. The zero-order chi connectivity index (χ0) is 14.4. The number of hydrogen-bond acceptors (Lipinski definition) is 4. The van der Waals surface area contributed by atoms with E-state index in [0.29, 0.717) is 5.56 Å². The van der Waals surface area contributed by atoms with Crippen LogP contribution in [0.3, 0.4) is 0 Å². The first-order chi connectivity index (χ1) is 9.04. The fraction of sp³-hybridized carbons (Fsp3) is 0.333. The second kappa shape index (κ2) is 6.90. The van der Waals surface area contributed by atoms with Crippen LogP contribution in [0.2, 0.25) is 0 Å². The summed E-state index contributed by atoms with van der Waals surface area (Å²) in [5.74, 6) is -1.23. The van der Waals surface area contributed by atoms with Gasteiger partial charge in [0.25, 0.3) is 0 Å². The van der Waals surface area contributed by atoms with Gasteiger partial charge in [-0.15, -0.1) is 11.6 Å². The summed E-state index contributed by atoms with van der Waals surface area (Å²) in [6.45, 7) is -1.42. The van der Waals surface area contributed by atoms with Gasteiger partial charge in [0.1, 0.15) is 17.4 Å². The molecule has 0 amide bonds. The topological polar surface area (TPSA) is 59.3 Å². The van der Waals surface area contributed by atoms with E-state index in [1.807, 2.05) is 0 Å². The minimum Gasteiger partial charge on any atom is -0.462 e. The van der Waals surface area contributed by atoms with Gasteiger partial charge in [-0.1, -0.05) is 6.07 Å². The van der Waals surface area contributed by atoms with Crippen molar-refractivity contribution in [3.05, 3.63) is 28.8 Å². The summed E-state index contributed by atoms with van der Waals surface area (Å²) < 4.78 is 33.4. The average Bonchev–Trinajstić information content (AvgIpc) is 2.37. The molecular weight excluding hydrogens is 280 g/mol. The molecule has 0 spiro atoms. The largest absolute Gasteiger partial charge is 0.462 e. The van der Waals surface area contributed by atoms with Crippen molar-refractivity contribution in [3.8, 4) is 11.8 Å². The number of halogens is 3. The highest BCUT2D eigenvalue weighted by atomic mass is 35.5. The highest BCUT2D eigenvalue weighted by Crippen LogP contribution is 2.28. The molecule has 1 aromatic rings. The van der Waals surface area contributed by atoms with Gasteiger partial charge in [-0.25, -0.2) is 4.79 Å². The molecule has 1 aromatic carbocycles. The Morgan fingerprint density at radius 2 is 2.21 bits per heavy atom. The van der Waals surface area contributed by atoms with Crippen molar-refractivity contribution in [1.29, 1.82) is 5.26 Å². The second-order valence-corrected chi connectivity index (χ2v) is 3.58. The van der Waals surface area contributed by atoms with Crippen molar-refractivity contribution in [3.63, 3.8) is 0 Å². The van der Waals surface area contributed by atoms with Gasteiger partial charge in [-0.05, 0) is 18.6 Å². The number of carbonyl (C=O) groups excluding carboxylic acids is 1. The summed E-state index contributed by atoms with van der Waals surface area (Å²) in [5, 5.41) is 9.02. The molecule has 0 fully saturated rings. The normalized spacial score (nSPS) is 10.1. The number of alkyl halides is 3. The Labute approximate surface area is 113 Å². The van der Waals surface area contributed by atoms with E-state index in [9.17, 15) is 13.6 Å². The van der Waals surface area contributed by atoms with E-state index in [0.717, 1.165) is 0 Å². The SMILES string of the molecule is CCOC(=O)c1c(CCl)ccc(OC(F)F)c1C#N. The summed E-state index contributed by atoms with van der Waals surface area (Å²) in [6.07, 6.45) is 0. The molecule has 4 nitrogen and oxygen atoms in total. The van der Waals surface area contributed by atoms with E-state index >= 15 is 0 Å². The summed E-state index contributed by atoms with van der Waals surface area (Å²) in [7, 11) is 0. The van der Waals surface area contributed by atoms with Gasteiger partial charge in [0, 0.05) is 5.88 Å². The first-order valence-electron chi connectivity index (χ1n) is 5.29. The van der Waals surface area contributed by atoms with Gasteiger partial charge in [0.05, 0.1) is 12.2 Å². The predicted molar refractivity (Wildman–Crippen MR) is 63.3 cm³/mol. The van der Waals surface area contributed by atoms with Gasteiger partial charge in [0.2, 0.25) is 0 Å². The van der Waals surface area contributed by atoms with E-state index in [2.05, 4.69) is 4.74 Å². The van der Waals surface area contributed by atoms with E-state index in [1.165, 1.54) is 12.1 Å². The number of hydrogen-bond donors (Lipinski definition) is 0. The lowest BCUT2D eigenvalue weighted by Gasteiger charge is -2.12. The van der Waals surface area contributed by atoms with Crippen LogP contribution in [0.25, 0.3) is 0 Å². The minimum atomic E-state index is -3.09. The zero-order valence-electron chi connectivity index (χ0n) is 9.95. The molecule has 1 rings (SSSR count). The van der Waals surface area contributed by atoms with Crippen LogP contribution in [0.4, 0.5) is 8.78 Å². The third-order valence-electron chi connectivity index (χ3n) is 2.20. The maximum atomic E-state index is 12.2. The summed E-state index contributed by atoms with van der Waals surface area (Å²) in [4.78, 5) is 11.8. The highest BCUT2D eigenvalue weighted by molar-refractivity contribution is 6.17. The fourth-order valence-corrected chi connectivity index (χ4v) is 1.70. The van der Waals surface area contributed by atoms with Crippen LogP contribution in [0.5, 0.6) is 5.75 Å². The second-order valence-electron chi connectivity index (χ2n) is 3.32. The van der Waals surface area contributed by atoms with Crippen molar-refractivity contribution in [2.45, 2.75) is 19.4 Å². The van der Waals surface area contributed by atoms with Crippen molar-refractivity contribution in [2.75, 3.05) is 6.61 Å². The third kappa shape index (κ3) is 3.55. The smallest absolute Gasteiger partial charge is 0.387 e. The molecule has 0 aliphatic rings. The number of nitriles is 1. The minimum absolute atomic E-state index is 0.0578. The van der Waals surface area contributed by atoms with Crippen LogP contribution in [0.1, 0.15) is 28.4 Å². The quantitative estimate of drug-likeness (QED) is 0.617. The Morgan fingerprint density at radius 1 is 1.53 bits per heavy atom. The Kier molecular flexibility index (Phi) is 5.52. The Hall–Kier alpha value is -1.87. The third-order valence-corrected chi connectivity index (χ3v) is 2.49. The van der Waals surface area contributed by atoms with Gasteiger partial charge in [0.15, 0.2) is 0 Å². The summed E-state index contributed by atoms with van der Waals surface area (Å²) in [6, 6.07) is 4.18. The lowest BCUT2D eigenvalue weighted by molar-refractivity contribution is -0.0501. The van der Waals surface area contributed by atoms with Gasteiger partial charge < -0.3 is 9.47 Å². The average molecular weight is 290 g/mol. The monoisotopic (exact) mass is 289 g/mol. The van der Waals surface area contributed by atoms with Crippen LogP contribution in [0.15, 0.2) is 12.1 Å². The van der Waals surface area contributed by atoms with Crippen molar-refractivity contribution < 1.29 is 23.0 Å². The standard InChI is InChI=1S/C12H10ClF2NO3/c1-2-18-11(17)10-7(5-13)3-4-9(8(10)6-16)19-12(14)15/h3-4,12H,2,5H2,1H3. The molecule has 0 N–H and O–H groups in total. The molecule has 0 aliphatic carbocycles. The Bertz CT molecular complexity index is 514. The van der Waals surface area contributed by atoms with Gasteiger partial charge in [-0.3, -0.25) is 0 Å². The molecule has 19 heavy (non-hydrogen) atoms. The number of nitrogens with zero attached hydrogens (tertiary/aromatic N) is 1. The lowest BCUT2D eigenvalue weighted by atomic mass is 10.0. The molecule has 0 saturated carbocycles.